The number of nitrogens with one attached hydrogen (secondary N) is 1. The predicted molar refractivity (Wildman–Crippen MR) is 109 cm³/mol. The molecule has 6 heteroatoms. The fourth-order valence-corrected chi connectivity index (χ4v) is 2.96. The zero-order valence-electron chi connectivity index (χ0n) is 16.1. The van der Waals surface area contributed by atoms with Crippen LogP contribution in [0.3, 0.4) is 0 Å². The maximum absolute atomic E-state index is 12.5. The molecule has 28 heavy (non-hydrogen) atoms. The molecular weight excluding hydrogens is 352 g/mol. The lowest BCUT2D eigenvalue weighted by Crippen LogP contribution is -2.30. The number of carbonyl (C=O) groups is 2. The summed E-state index contributed by atoms with van der Waals surface area (Å²) in [5, 5.41) is 7.10. The highest BCUT2D eigenvalue weighted by atomic mass is 16.2. The summed E-state index contributed by atoms with van der Waals surface area (Å²) in [7, 11) is 0. The molecule has 2 aromatic carbocycles. The van der Waals surface area contributed by atoms with Crippen molar-refractivity contribution in [3.63, 3.8) is 0 Å². The van der Waals surface area contributed by atoms with Crippen LogP contribution in [-0.2, 0) is 6.54 Å². The van der Waals surface area contributed by atoms with Gasteiger partial charge in [0.2, 0.25) is 0 Å². The van der Waals surface area contributed by atoms with Crippen molar-refractivity contribution in [3.05, 3.63) is 83.7 Å². The first kappa shape index (κ1) is 19.4. The highest BCUT2D eigenvalue weighted by molar-refractivity contribution is 6.04. The number of nitrogens with zero attached hydrogens (tertiary/aromatic N) is 3. The van der Waals surface area contributed by atoms with Crippen molar-refractivity contribution >= 4 is 17.5 Å². The number of amides is 2. The molecule has 3 rings (SSSR count). The summed E-state index contributed by atoms with van der Waals surface area (Å²) < 4.78 is 1.73. The summed E-state index contributed by atoms with van der Waals surface area (Å²) in [5.74, 6) is -0.302. The number of hydrogen-bond donors (Lipinski definition) is 1. The number of benzene rings is 2. The van der Waals surface area contributed by atoms with E-state index in [4.69, 9.17) is 0 Å². The van der Waals surface area contributed by atoms with Crippen LogP contribution >= 0.6 is 0 Å². The Morgan fingerprint density at radius 2 is 1.75 bits per heavy atom. The molecule has 0 aliphatic heterocycles. The van der Waals surface area contributed by atoms with Crippen molar-refractivity contribution in [1.29, 1.82) is 0 Å². The van der Waals surface area contributed by atoms with Gasteiger partial charge in [0.1, 0.15) is 0 Å². The Morgan fingerprint density at radius 3 is 2.46 bits per heavy atom. The van der Waals surface area contributed by atoms with Crippen molar-refractivity contribution < 1.29 is 9.59 Å². The van der Waals surface area contributed by atoms with Gasteiger partial charge in [-0.3, -0.25) is 14.3 Å². The number of aromatic nitrogens is 2. The lowest BCUT2D eigenvalue weighted by molar-refractivity contribution is 0.0772. The van der Waals surface area contributed by atoms with E-state index in [1.54, 1.807) is 46.2 Å². The molecule has 6 nitrogen and oxygen atoms in total. The number of anilines is 1. The van der Waals surface area contributed by atoms with Gasteiger partial charge in [-0.15, -0.1) is 0 Å². The molecule has 1 N–H and O–H groups in total. The van der Waals surface area contributed by atoms with E-state index >= 15 is 0 Å². The van der Waals surface area contributed by atoms with Crippen LogP contribution < -0.4 is 5.32 Å². The molecule has 1 aromatic heterocycles. The Labute approximate surface area is 164 Å². The summed E-state index contributed by atoms with van der Waals surface area (Å²) in [6.07, 6.45) is 3.26. The Bertz CT molecular complexity index is 946. The minimum atomic E-state index is -0.258. The molecule has 0 bridgehead atoms. The smallest absolute Gasteiger partial charge is 0.258 e. The van der Waals surface area contributed by atoms with Gasteiger partial charge in [-0.2, -0.15) is 5.10 Å². The Hall–Kier alpha value is -3.41. The molecular formula is C22H24N4O2. The number of carbonyl (C=O) groups excluding carboxylic acids is 2. The van der Waals surface area contributed by atoms with Crippen LogP contribution in [0.5, 0.6) is 0 Å². The molecule has 3 aromatic rings. The third kappa shape index (κ3) is 4.65. The molecule has 0 radical (unpaired) electrons. The summed E-state index contributed by atoms with van der Waals surface area (Å²) in [4.78, 5) is 26.8. The SMILES string of the molecule is CCN(CC)C(=O)c1cccc(NC(=O)c2cnn(Cc3ccccc3)c2)c1. The lowest BCUT2D eigenvalue weighted by atomic mass is 10.1. The second-order valence-corrected chi connectivity index (χ2v) is 6.42. The van der Waals surface area contributed by atoms with Crippen LogP contribution in [0, 0.1) is 0 Å². The van der Waals surface area contributed by atoms with E-state index in [-0.39, 0.29) is 11.8 Å². The molecule has 0 saturated carbocycles. The van der Waals surface area contributed by atoms with Crippen LogP contribution in [-0.4, -0.2) is 39.6 Å². The van der Waals surface area contributed by atoms with Crippen molar-refractivity contribution in [2.45, 2.75) is 20.4 Å². The van der Waals surface area contributed by atoms with Crippen LogP contribution in [0.4, 0.5) is 5.69 Å². The van der Waals surface area contributed by atoms with E-state index < -0.39 is 0 Å². The fourth-order valence-electron chi connectivity index (χ4n) is 2.96. The van der Waals surface area contributed by atoms with Gasteiger partial charge >= 0.3 is 0 Å². The van der Waals surface area contributed by atoms with Gasteiger partial charge in [0.15, 0.2) is 0 Å². The second kappa shape index (κ2) is 8.99. The molecule has 1 heterocycles. The minimum Gasteiger partial charge on any atom is -0.339 e. The average Bonchev–Trinajstić information content (AvgIpc) is 3.18. The molecule has 0 fully saturated rings. The van der Waals surface area contributed by atoms with Gasteiger partial charge in [-0.1, -0.05) is 36.4 Å². The van der Waals surface area contributed by atoms with E-state index in [0.717, 1.165) is 5.56 Å². The summed E-state index contributed by atoms with van der Waals surface area (Å²) in [6.45, 7) is 5.78. The van der Waals surface area contributed by atoms with E-state index in [2.05, 4.69) is 10.4 Å². The molecule has 2 amide bonds. The maximum atomic E-state index is 12.5. The Balaban J connectivity index is 1.68. The van der Waals surface area contributed by atoms with Crippen LogP contribution in [0.15, 0.2) is 67.0 Å². The number of rotatable bonds is 7. The van der Waals surface area contributed by atoms with Crippen molar-refractivity contribution in [2.24, 2.45) is 0 Å². The molecule has 0 unspecified atom stereocenters. The second-order valence-electron chi connectivity index (χ2n) is 6.42. The summed E-state index contributed by atoms with van der Waals surface area (Å²) in [6, 6.07) is 16.9. The monoisotopic (exact) mass is 376 g/mol. The van der Waals surface area contributed by atoms with Gasteiger partial charge in [0, 0.05) is 30.5 Å². The highest BCUT2D eigenvalue weighted by Gasteiger charge is 2.14. The summed E-state index contributed by atoms with van der Waals surface area (Å²) in [5.41, 5.74) is 2.72. The number of hydrogen-bond acceptors (Lipinski definition) is 3. The largest absolute Gasteiger partial charge is 0.339 e. The van der Waals surface area contributed by atoms with Gasteiger partial charge in [-0.25, -0.2) is 0 Å². The van der Waals surface area contributed by atoms with E-state index in [1.165, 1.54) is 0 Å². The van der Waals surface area contributed by atoms with E-state index in [9.17, 15) is 9.59 Å². The van der Waals surface area contributed by atoms with Gasteiger partial charge in [0.05, 0.1) is 18.3 Å². The standard InChI is InChI=1S/C22H24N4O2/c1-3-25(4-2)22(28)18-11-8-12-20(13-18)24-21(27)19-14-23-26(16-19)15-17-9-6-5-7-10-17/h5-14,16H,3-4,15H2,1-2H3,(H,24,27). The predicted octanol–water partition coefficient (Wildman–Crippen LogP) is 3.67. The zero-order valence-corrected chi connectivity index (χ0v) is 16.1. The minimum absolute atomic E-state index is 0.0446. The van der Waals surface area contributed by atoms with Gasteiger partial charge in [-0.05, 0) is 37.6 Å². The third-order valence-electron chi connectivity index (χ3n) is 4.50. The maximum Gasteiger partial charge on any atom is 0.258 e. The lowest BCUT2D eigenvalue weighted by Gasteiger charge is -2.18. The van der Waals surface area contributed by atoms with Gasteiger partial charge < -0.3 is 10.2 Å². The molecule has 0 saturated heterocycles. The third-order valence-corrected chi connectivity index (χ3v) is 4.50. The fraction of sp³-hybridized carbons (Fsp3) is 0.227. The van der Waals surface area contributed by atoms with Crippen LogP contribution in [0.25, 0.3) is 0 Å². The molecule has 0 spiro atoms. The highest BCUT2D eigenvalue weighted by Crippen LogP contribution is 2.14. The average molecular weight is 376 g/mol. The summed E-state index contributed by atoms with van der Waals surface area (Å²) >= 11 is 0. The molecule has 0 atom stereocenters. The van der Waals surface area contributed by atoms with Crippen molar-refractivity contribution in [1.82, 2.24) is 14.7 Å². The van der Waals surface area contributed by atoms with Crippen molar-refractivity contribution in [3.8, 4) is 0 Å². The van der Waals surface area contributed by atoms with E-state index in [0.29, 0.717) is 36.4 Å². The molecule has 144 valence electrons. The first-order valence-electron chi connectivity index (χ1n) is 9.37. The first-order chi connectivity index (χ1) is 13.6. The van der Waals surface area contributed by atoms with Crippen molar-refractivity contribution in [2.75, 3.05) is 18.4 Å². The van der Waals surface area contributed by atoms with Crippen LogP contribution in [0.2, 0.25) is 0 Å². The topological polar surface area (TPSA) is 67.2 Å². The van der Waals surface area contributed by atoms with Crippen LogP contribution in [0.1, 0.15) is 40.1 Å². The zero-order chi connectivity index (χ0) is 19.9. The van der Waals surface area contributed by atoms with Gasteiger partial charge in [0.25, 0.3) is 11.8 Å². The Morgan fingerprint density at radius 1 is 1.00 bits per heavy atom. The molecule has 0 aliphatic rings. The quantitative estimate of drug-likeness (QED) is 0.684. The normalized spacial score (nSPS) is 10.5. The van der Waals surface area contributed by atoms with E-state index in [1.807, 2.05) is 44.2 Å². The first-order valence-corrected chi connectivity index (χ1v) is 9.37. The molecule has 0 aliphatic carbocycles. The Kier molecular flexibility index (Phi) is 6.22.